The second-order valence-electron chi connectivity index (χ2n) is 8.14. The molecule has 0 aliphatic carbocycles. The van der Waals surface area contributed by atoms with E-state index in [0.717, 1.165) is 22.2 Å². The summed E-state index contributed by atoms with van der Waals surface area (Å²) in [4.78, 5) is 42.0. The number of ether oxygens (including phenoxy) is 1. The Hall–Kier alpha value is -4.29. The highest BCUT2D eigenvalue weighted by atomic mass is 35.5. The SMILES string of the molecule is COC(=O)C(Cc1ccccc1C(=O)O)C(=O)c1cccc(C=Cc2ccc3ccc(Cl)cc3n2)c1. The number of Topliss-reactive ketones (excluding diaryl/α,β-unsaturated/α-hetero) is 1. The van der Waals surface area contributed by atoms with Gasteiger partial charge in [0.05, 0.1) is 23.9 Å². The number of hydrogen-bond acceptors (Lipinski definition) is 5. The van der Waals surface area contributed by atoms with Crippen molar-refractivity contribution < 1.29 is 24.2 Å². The van der Waals surface area contributed by atoms with Gasteiger partial charge in [-0.2, -0.15) is 0 Å². The van der Waals surface area contributed by atoms with E-state index in [-0.39, 0.29) is 12.0 Å². The van der Waals surface area contributed by atoms with Crippen LogP contribution < -0.4 is 0 Å². The van der Waals surface area contributed by atoms with Gasteiger partial charge in [0, 0.05) is 16.0 Å². The molecule has 7 heteroatoms. The average Bonchev–Trinajstić information content (AvgIpc) is 2.89. The summed E-state index contributed by atoms with van der Waals surface area (Å²) in [7, 11) is 1.20. The van der Waals surface area contributed by atoms with Crippen LogP contribution in [0.1, 0.15) is 37.5 Å². The minimum absolute atomic E-state index is 0.0417. The van der Waals surface area contributed by atoms with Crippen molar-refractivity contribution in [2.75, 3.05) is 7.11 Å². The van der Waals surface area contributed by atoms with Crippen molar-refractivity contribution in [1.82, 2.24) is 4.98 Å². The fourth-order valence-corrected chi connectivity index (χ4v) is 4.10. The van der Waals surface area contributed by atoms with E-state index in [9.17, 15) is 19.5 Å². The van der Waals surface area contributed by atoms with Gasteiger partial charge in [-0.05, 0) is 54.0 Å². The molecule has 0 bridgehead atoms. The van der Waals surface area contributed by atoms with Crippen LogP contribution in [0.5, 0.6) is 0 Å². The van der Waals surface area contributed by atoms with Crippen LogP contribution in [0.4, 0.5) is 0 Å². The van der Waals surface area contributed by atoms with Gasteiger partial charge in [-0.15, -0.1) is 0 Å². The molecule has 0 aliphatic rings. The maximum atomic E-state index is 13.3. The number of rotatable bonds is 8. The van der Waals surface area contributed by atoms with E-state index in [0.29, 0.717) is 16.1 Å². The molecule has 1 N–H and O–H groups in total. The zero-order valence-corrected chi connectivity index (χ0v) is 20.1. The third-order valence-corrected chi connectivity index (χ3v) is 6.00. The van der Waals surface area contributed by atoms with Crippen LogP contribution in [0.3, 0.4) is 0 Å². The van der Waals surface area contributed by atoms with Crippen molar-refractivity contribution in [2.24, 2.45) is 5.92 Å². The van der Waals surface area contributed by atoms with Crippen molar-refractivity contribution in [1.29, 1.82) is 0 Å². The molecule has 3 aromatic carbocycles. The predicted octanol–water partition coefficient (Wildman–Crippen LogP) is 5.97. The third-order valence-electron chi connectivity index (χ3n) is 5.77. The number of carboxylic acids is 1. The Morgan fingerprint density at radius 1 is 0.972 bits per heavy atom. The quantitative estimate of drug-likeness (QED) is 0.182. The standard InChI is InChI=1S/C29H22ClNO5/c1-36-29(35)25(16-20-6-2-3-8-24(20)28(33)34)27(32)21-7-4-5-18(15-21)9-13-23-14-11-19-10-12-22(30)17-26(19)31-23/h2-15,17,25H,16H2,1H3,(H,33,34). The van der Waals surface area contributed by atoms with Crippen LogP contribution in [0, 0.1) is 5.92 Å². The number of aromatic nitrogens is 1. The first-order valence-electron chi connectivity index (χ1n) is 11.1. The van der Waals surface area contributed by atoms with Crippen LogP contribution in [0.25, 0.3) is 23.1 Å². The second-order valence-corrected chi connectivity index (χ2v) is 8.57. The molecule has 1 heterocycles. The summed E-state index contributed by atoms with van der Waals surface area (Å²) in [6.45, 7) is 0. The number of hydrogen-bond donors (Lipinski definition) is 1. The molecule has 0 saturated heterocycles. The first kappa shape index (κ1) is 24.8. The number of pyridine rings is 1. The second kappa shape index (κ2) is 11.0. The maximum absolute atomic E-state index is 13.3. The summed E-state index contributed by atoms with van der Waals surface area (Å²) in [5.41, 5.74) is 2.98. The van der Waals surface area contributed by atoms with Gasteiger partial charge in [0.1, 0.15) is 5.92 Å². The number of halogens is 1. The lowest BCUT2D eigenvalue weighted by atomic mass is 9.89. The molecular weight excluding hydrogens is 478 g/mol. The lowest BCUT2D eigenvalue weighted by Crippen LogP contribution is -2.28. The fraction of sp³-hybridized carbons (Fsp3) is 0.103. The predicted molar refractivity (Wildman–Crippen MR) is 139 cm³/mol. The van der Waals surface area contributed by atoms with Crippen molar-refractivity contribution >= 4 is 52.4 Å². The van der Waals surface area contributed by atoms with E-state index < -0.39 is 23.6 Å². The number of carboxylic acid groups (broad SMARTS) is 1. The molecule has 1 atom stereocenters. The lowest BCUT2D eigenvalue weighted by molar-refractivity contribution is -0.143. The Kier molecular flexibility index (Phi) is 7.56. The third kappa shape index (κ3) is 5.67. The first-order chi connectivity index (χ1) is 17.4. The zero-order chi connectivity index (χ0) is 25.7. The molecule has 0 saturated carbocycles. The average molecular weight is 500 g/mol. The molecule has 180 valence electrons. The van der Waals surface area contributed by atoms with E-state index in [2.05, 4.69) is 4.98 Å². The summed E-state index contributed by atoms with van der Waals surface area (Å²) < 4.78 is 4.87. The summed E-state index contributed by atoms with van der Waals surface area (Å²) in [5, 5.41) is 11.1. The smallest absolute Gasteiger partial charge is 0.335 e. The van der Waals surface area contributed by atoms with Gasteiger partial charge in [0.25, 0.3) is 0 Å². The van der Waals surface area contributed by atoms with Crippen molar-refractivity contribution in [3.63, 3.8) is 0 Å². The molecule has 0 fully saturated rings. The summed E-state index contributed by atoms with van der Waals surface area (Å²) in [6, 6.07) is 22.5. The first-order valence-corrected chi connectivity index (χ1v) is 11.5. The van der Waals surface area contributed by atoms with Gasteiger partial charge in [0.15, 0.2) is 5.78 Å². The number of benzene rings is 3. The minimum Gasteiger partial charge on any atom is -0.478 e. The molecule has 1 unspecified atom stereocenters. The van der Waals surface area contributed by atoms with Gasteiger partial charge in [-0.1, -0.05) is 66.2 Å². The van der Waals surface area contributed by atoms with Gasteiger partial charge < -0.3 is 9.84 Å². The number of nitrogens with zero attached hydrogens (tertiary/aromatic N) is 1. The number of carbonyl (C=O) groups is 3. The Balaban J connectivity index is 1.59. The largest absolute Gasteiger partial charge is 0.478 e. The molecular formula is C29H22ClNO5. The van der Waals surface area contributed by atoms with Gasteiger partial charge in [0.2, 0.25) is 0 Å². The number of fused-ring (bicyclic) bond motifs is 1. The number of ketones is 1. The Labute approximate surface area is 212 Å². The summed E-state index contributed by atoms with van der Waals surface area (Å²) in [6.07, 6.45) is 3.56. The van der Waals surface area contributed by atoms with Crippen molar-refractivity contribution in [2.45, 2.75) is 6.42 Å². The lowest BCUT2D eigenvalue weighted by Gasteiger charge is -2.15. The van der Waals surface area contributed by atoms with Crippen molar-refractivity contribution in [3.8, 4) is 0 Å². The summed E-state index contributed by atoms with van der Waals surface area (Å²) >= 11 is 6.07. The molecule has 0 aliphatic heterocycles. The number of aromatic carboxylic acids is 1. The van der Waals surface area contributed by atoms with Gasteiger partial charge in [-0.3, -0.25) is 9.59 Å². The van der Waals surface area contributed by atoms with E-state index in [1.807, 2.05) is 42.5 Å². The van der Waals surface area contributed by atoms with Crippen LogP contribution in [-0.2, 0) is 16.0 Å². The molecule has 1 aromatic heterocycles. The highest BCUT2D eigenvalue weighted by molar-refractivity contribution is 6.31. The topological polar surface area (TPSA) is 93.6 Å². The van der Waals surface area contributed by atoms with Crippen LogP contribution in [0.15, 0.2) is 78.9 Å². The molecule has 36 heavy (non-hydrogen) atoms. The number of esters is 1. The monoisotopic (exact) mass is 499 g/mol. The Morgan fingerprint density at radius 2 is 1.75 bits per heavy atom. The minimum atomic E-state index is -1.18. The molecule has 0 amide bonds. The number of methoxy groups -OCH3 is 1. The van der Waals surface area contributed by atoms with Crippen LogP contribution >= 0.6 is 11.6 Å². The maximum Gasteiger partial charge on any atom is 0.335 e. The molecule has 6 nitrogen and oxygen atoms in total. The van der Waals surface area contributed by atoms with E-state index in [4.69, 9.17) is 16.3 Å². The molecule has 4 aromatic rings. The highest BCUT2D eigenvalue weighted by Crippen LogP contribution is 2.22. The van der Waals surface area contributed by atoms with Crippen LogP contribution in [0.2, 0.25) is 5.02 Å². The summed E-state index contributed by atoms with van der Waals surface area (Å²) in [5.74, 6) is -3.48. The normalized spacial score (nSPS) is 11.9. The fourth-order valence-electron chi connectivity index (χ4n) is 3.93. The Morgan fingerprint density at radius 3 is 2.53 bits per heavy atom. The van der Waals surface area contributed by atoms with Crippen molar-refractivity contribution in [3.05, 3.63) is 112 Å². The Bertz CT molecular complexity index is 1490. The molecule has 4 rings (SSSR count). The number of carbonyl (C=O) groups excluding carboxylic acids is 2. The van der Waals surface area contributed by atoms with Gasteiger partial charge in [-0.25, -0.2) is 9.78 Å². The van der Waals surface area contributed by atoms with E-state index in [1.165, 1.54) is 13.2 Å². The zero-order valence-electron chi connectivity index (χ0n) is 19.4. The highest BCUT2D eigenvalue weighted by Gasteiger charge is 2.30. The van der Waals surface area contributed by atoms with Gasteiger partial charge >= 0.3 is 11.9 Å². The van der Waals surface area contributed by atoms with E-state index >= 15 is 0 Å². The molecule has 0 spiro atoms. The van der Waals surface area contributed by atoms with Crippen LogP contribution in [-0.4, -0.2) is 34.9 Å². The van der Waals surface area contributed by atoms with E-state index in [1.54, 1.807) is 42.5 Å². The molecule has 0 radical (unpaired) electrons.